The summed E-state index contributed by atoms with van der Waals surface area (Å²) in [6.45, 7) is 1.48. The van der Waals surface area contributed by atoms with E-state index >= 15 is 0 Å². The summed E-state index contributed by atoms with van der Waals surface area (Å²) in [5.41, 5.74) is 1.00. The summed E-state index contributed by atoms with van der Waals surface area (Å²) < 4.78 is 0. The number of hydrogen-bond donors (Lipinski definition) is 1. The molecule has 1 aliphatic heterocycles. The molecule has 0 radical (unpaired) electrons. The molecule has 3 atom stereocenters. The van der Waals surface area contributed by atoms with Crippen LogP contribution in [-0.2, 0) is 4.79 Å². The number of carbonyl (C=O) groups excluding carboxylic acids is 2. The number of carboxylic acids is 1. The van der Waals surface area contributed by atoms with Gasteiger partial charge in [-0.15, -0.1) is 0 Å². The molecule has 1 amide bonds. The third kappa shape index (κ3) is 2.87. The molecular weight excluding hydrogens is 294 g/mol. The van der Waals surface area contributed by atoms with Gasteiger partial charge in [0.2, 0.25) is 0 Å². The third-order valence-electron chi connectivity index (χ3n) is 5.15. The Morgan fingerprint density at radius 3 is 2.26 bits per heavy atom. The van der Waals surface area contributed by atoms with Gasteiger partial charge in [-0.3, -0.25) is 9.59 Å². The van der Waals surface area contributed by atoms with E-state index in [0.29, 0.717) is 23.5 Å². The van der Waals surface area contributed by atoms with Crippen LogP contribution in [0.1, 0.15) is 59.7 Å². The first-order valence-electron chi connectivity index (χ1n) is 8.15. The minimum atomic E-state index is -0.923. The van der Waals surface area contributed by atoms with E-state index in [-0.39, 0.29) is 17.7 Å². The standard InChI is InChI=1S/C18H21NO4/c1-11(20)12-6-8-13(9-7-12)17(21)19-15-5-3-2-4-14(15)10-16(19)18(22)23/h6-9,14-16H,2-5,10H2,1H3,(H,22,23). The SMILES string of the molecule is CC(=O)c1ccc(C(=O)N2C(C(=O)O)CC3CCCCC32)cc1. The molecule has 2 aliphatic rings. The van der Waals surface area contributed by atoms with Gasteiger partial charge in [0.15, 0.2) is 5.78 Å². The van der Waals surface area contributed by atoms with E-state index in [1.165, 1.54) is 6.92 Å². The van der Waals surface area contributed by atoms with Gasteiger partial charge in [0.25, 0.3) is 5.91 Å². The van der Waals surface area contributed by atoms with E-state index in [2.05, 4.69) is 0 Å². The number of carboxylic acid groups (broad SMARTS) is 1. The second-order valence-corrected chi connectivity index (χ2v) is 6.55. The lowest BCUT2D eigenvalue weighted by Gasteiger charge is -2.33. The molecule has 1 saturated carbocycles. The van der Waals surface area contributed by atoms with Crippen LogP contribution in [0.2, 0.25) is 0 Å². The topological polar surface area (TPSA) is 74.7 Å². The van der Waals surface area contributed by atoms with Crippen molar-refractivity contribution in [2.45, 2.75) is 51.1 Å². The summed E-state index contributed by atoms with van der Waals surface area (Å²) in [5.74, 6) is -0.916. The van der Waals surface area contributed by atoms with Gasteiger partial charge in [-0.05, 0) is 44.2 Å². The van der Waals surface area contributed by atoms with Crippen molar-refractivity contribution in [1.29, 1.82) is 0 Å². The number of Topliss-reactive ketones (excluding diaryl/α,β-unsaturated/α-hetero) is 1. The molecule has 1 N–H and O–H groups in total. The molecule has 5 nitrogen and oxygen atoms in total. The van der Waals surface area contributed by atoms with Crippen molar-refractivity contribution in [3.63, 3.8) is 0 Å². The largest absolute Gasteiger partial charge is 0.480 e. The Labute approximate surface area is 135 Å². The maximum Gasteiger partial charge on any atom is 0.326 e. The van der Waals surface area contributed by atoms with Crippen molar-refractivity contribution < 1.29 is 19.5 Å². The Morgan fingerprint density at radius 2 is 1.65 bits per heavy atom. The maximum atomic E-state index is 12.9. The average Bonchev–Trinajstić information content (AvgIpc) is 2.94. The Morgan fingerprint density at radius 1 is 1.04 bits per heavy atom. The van der Waals surface area contributed by atoms with Crippen LogP contribution in [0.4, 0.5) is 0 Å². The maximum absolute atomic E-state index is 12.9. The first kappa shape index (κ1) is 15.7. The normalized spacial score (nSPS) is 26.7. The molecule has 5 heteroatoms. The van der Waals surface area contributed by atoms with Crippen molar-refractivity contribution in [3.8, 4) is 0 Å². The lowest BCUT2D eigenvalue weighted by molar-refractivity contribution is -0.141. The number of aliphatic carboxylic acids is 1. The highest BCUT2D eigenvalue weighted by atomic mass is 16.4. The van der Waals surface area contributed by atoms with Gasteiger partial charge in [-0.2, -0.15) is 0 Å². The zero-order valence-electron chi connectivity index (χ0n) is 13.2. The van der Waals surface area contributed by atoms with Crippen LogP contribution < -0.4 is 0 Å². The van der Waals surface area contributed by atoms with Crippen LogP contribution in [0.3, 0.4) is 0 Å². The van der Waals surface area contributed by atoms with E-state index in [1.807, 2.05) is 0 Å². The number of rotatable bonds is 3. The van der Waals surface area contributed by atoms with E-state index in [9.17, 15) is 19.5 Å². The Kier molecular flexibility index (Phi) is 4.20. The van der Waals surface area contributed by atoms with E-state index < -0.39 is 12.0 Å². The predicted octanol–water partition coefficient (Wildman–Crippen LogP) is 2.75. The molecular formula is C18H21NO4. The van der Waals surface area contributed by atoms with Crippen LogP contribution in [0, 0.1) is 5.92 Å². The van der Waals surface area contributed by atoms with Gasteiger partial charge in [-0.1, -0.05) is 25.0 Å². The van der Waals surface area contributed by atoms with Crippen molar-refractivity contribution >= 4 is 17.7 Å². The van der Waals surface area contributed by atoms with Crippen molar-refractivity contribution in [2.75, 3.05) is 0 Å². The zero-order chi connectivity index (χ0) is 16.6. The van der Waals surface area contributed by atoms with Gasteiger partial charge in [0, 0.05) is 17.2 Å². The molecule has 23 heavy (non-hydrogen) atoms. The van der Waals surface area contributed by atoms with Gasteiger partial charge >= 0.3 is 5.97 Å². The summed E-state index contributed by atoms with van der Waals surface area (Å²) in [5, 5.41) is 9.50. The fraction of sp³-hybridized carbons (Fsp3) is 0.500. The lowest BCUT2D eigenvalue weighted by Crippen LogP contribution is -2.46. The summed E-state index contributed by atoms with van der Waals surface area (Å²) in [6, 6.07) is 5.79. The first-order valence-corrected chi connectivity index (χ1v) is 8.15. The van der Waals surface area contributed by atoms with Crippen LogP contribution in [0.5, 0.6) is 0 Å². The van der Waals surface area contributed by atoms with Crippen LogP contribution in [0.25, 0.3) is 0 Å². The smallest absolute Gasteiger partial charge is 0.326 e. The summed E-state index contributed by atoms with van der Waals surface area (Å²) in [6.07, 6.45) is 4.59. The molecule has 3 unspecified atom stereocenters. The Hall–Kier alpha value is -2.17. The number of nitrogens with zero attached hydrogens (tertiary/aromatic N) is 1. The highest BCUT2D eigenvalue weighted by molar-refractivity contribution is 5.99. The average molecular weight is 315 g/mol. The molecule has 2 fully saturated rings. The fourth-order valence-corrected chi connectivity index (χ4v) is 3.97. The molecule has 3 rings (SSSR count). The van der Waals surface area contributed by atoms with E-state index in [4.69, 9.17) is 0 Å². The molecule has 1 aliphatic carbocycles. The summed E-state index contributed by atoms with van der Waals surface area (Å²) >= 11 is 0. The number of fused-ring (bicyclic) bond motifs is 1. The van der Waals surface area contributed by atoms with Crippen LogP contribution >= 0.6 is 0 Å². The van der Waals surface area contributed by atoms with Crippen molar-refractivity contribution in [2.24, 2.45) is 5.92 Å². The van der Waals surface area contributed by atoms with Crippen LogP contribution in [0.15, 0.2) is 24.3 Å². The lowest BCUT2D eigenvalue weighted by atomic mass is 9.84. The monoisotopic (exact) mass is 315 g/mol. The second kappa shape index (κ2) is 6.14. The second-order valence-electron chi connectivity index (χ2n) is 6.55. The molecule has 1 heterocycles. The molecule has 0 bridgehead atoms. The highest BCUT2D eigenvalue weighted by Gasteiger charge is 2.47. The minimum absolute atomic E-state index is 0.0323. The quantitative estimate of drug-likeness (QED) is 0.870. The minimum Gasteiger partial charge on any atom is -0.480 e. The number of benzene rings is 1. The van der Waals surface area contributed by atoms with Crippen LogP contribution in [-0.4, -0.2) is 39.7 Å². The van der Waals surface area contributed by atoms with E-state index in [1.54, 1.807) is 29.2 Å². The molecule has 0 spiro atoms. The summed E-state index contributed by atoms with van der Waals surface area (Å²) in [4.78, 5) is 37.4. The molecule has 1 aromatic carbocycles. The first-order chi connectivity index (χ1) is 11.0. The highest BCUT2D eigenvalue weighted by Crippen LogP contribution is 2.40. The number of hydrogen-bond acceptors (Lipinski definition) is 3. The number of carbonyl (C=O) groups is 3. The molecule has 1 saturated heterocycles. The van der Waals surface area contributed by atoms with E-state index in [0.717, 1.165) is 25.7 Å². The predicted molar refractivity (Wildman–Crippen MR) is 84.4 cm³/mol. The third-order valence-corrected chi connectivity index (χ3v) is 5.15. The van der Waals surface area contributed by atoms with Gasteiger partial charge in [0.05, 0.1) is 0 Å². The van der Waals surface area contributed by atoms with Gasteiger partial charge < -0.3 is 10.0 Å². The van der Waals surface area contributed by atoms with Crippen molar-refractivity contribution in [3.05, 3.63) is 35.4 Å². The summed E-state index contributed by atoms with van der Waals surface area (Å²) in [7, 11) is 0. The molecule has 0 aromatic heterocycles. The number of likely N-dealkylation sites (tertiary alicyclic amines) is 1. The van der Waals surface area contributed by atoms with Gasteiger partial charge in [-0.25, -0.2) is 4.79 Å². The Bertz CT molecular complexity index is 637. The number of amides is 1. The Balaban J connectivity index is 1.88. The molecule has 122 valence electrons. The fourth-order valence-electron chi connectivity index (χ4n) is 3.97. The van der Waals surface area contributed by atoms with Crippen molar-refractivity contribution in [1.82, 2.24) is 4.90 Å². The zero-order valence-corrected chi connectivity index (χ0v) is 13.2. The molecule has 1 aromatic rings. The number of ketones is 1. The van der Waals surface area contributed by atoms with Gasteiger partial charge in [0.1, 0.15) is 6.04 Å².